The zero-order chi connectivity index (χ0) is 26.0. The Morgan fingerprint density at radius 1 is 0.861 bits per heavy atom. The molecule has 1 aliphatic rings. The van der Waals surface area contributed by atoms with Gasteiger partial charge in [-0.15, -0.1) is 0 Å². The first-order valence-electron chi connectivity index (χ1n) is 11.4. The summed E-state index contributed by atoms with van der Waals surface area (Å²) in [4.78, 5) is 25.7. The predicted molar refractivity (Wildman–Crippen MR) is 136 cm³/mol. The number of esters is 1. The molecule has 0 spiro atoms. The molecule has 0 amide bonds. The van der Waals surface area contributed by atoms with Gasteiger partial charge in [-0.1, -0.05) is 45.0 Å². The molecule has 0 aromatic heterocycles. The summed E-state index contributed by atoms with van der Waals surface area (Å²) < 4.78 is 27.2. The lowest BCUT2D eigenvalue weighted by molar-refractivity contribution is 0.0733. The summed E-state index contributed by atoms with van der Waals surface area (Å²) in [6, 6.07) is 15.7. The Balaban J connectivity index is 1.54. The number of fused-ring (bicyclic) bond motifs is 1. The lowest BCUT2D eigenvalue weighted by Crippen LogP contribution is -2.10. The molecule has 4 rings (SSSR count). The Labute approximate surface area is 210 Å². The molecule has 7 heteroatoms. The van der Waals surface area contributed by atoms with Crippen LogP contribution in [-0.4, -0.2) is 33.1 Å². The van der Waals surface area contributed by atoms with Gasteiger partial charge in [-0.25, -0.2) is 4.79 Å². The fourth-order valence-electron chi connectivity index (χ4n) is 3.83. The zero-order valence-electron chi connectivity index (χ0n) is 21.1. The van der Waals surface area contributed by atoms with Crippen molar-refractivity contribution in [3.63, 3.8) is 0 Å². The second-order valence-corrected chi connectivity index (χ2v) is 9.27. The summed E-state index contributed by atoms with van der Waals surface area (Å²) in [5, 5.41) is 0. The number of ether oxygens (including phenoxy) is 5. The Morgan fingerprint density at radius 2 is 1.50 bits per heavy atom. The summed E-state index contributed by atoms with van der Waals surface area (Å²) in [5.74, 6) is 0.938. The molecule has 0 aliphatic carbocycles. The molecule has 0 saturated heterocycles. The van der Waals surface area contributed by atoms with Crippen LogP contribution >= 0.6 is 0 Å². The standard InChI is InChI=1S/C29H28O7/c1-29(2,3)19-9-7-17(8-10-19)13-23-26(30)21-12-11-20(16-22(21)36-23)35-28(31)18-14-24(32-4)27(34-6)25(15-18)33-5/h7-16H,1-6H3/b23-13-. The number of rotatable bonds is 6. The van der Waals surface area contributed by atoms with Crippen LogP contribution < -0.4 is 23.7 Å². The summed E-state index contributed by atoms with van der Waals surface area (Å²) in [6.45, 7) is 6.44. The summed E-state index contributed by atoms with van der Waals surface area (Å²) >= 11 is 0. The van der Waals surface area contributed by atoms with Crippen molar-refractivity contribution in [1.82, 2.24) is 0 Å². The van der Waals surface area contributed by atoms with Crippen LogP contribution in [0.4, 0.5) is 0 Å². The minimum Gasteiger partial charge on any atom is -0.493 e. The minimum atomic E-state index is -0.631. The SMILES string of the molecule is COc1cc(C(=O)Oc2ccc3c(c2)O/C(=C\c2ccc(C(C)(C)C)cc2)C3=O)cc(OC)c1OC. The van der Waals surface area contributed by atoms with Crippen molar-refractivity contribution in [2.75, 3.05) is 21.3 Å². The zero-order valence-corrected chi connectivity index (χ0v) is 21.1. The molecule has 0 N–H and O–H groups in total. The van der Waals surface area contributed by atoms with E-state index in [0.717, 1.165) is 5.56 Å². The first-order valence-corrected chi connectivity index (χ1v) is 11.4. The van der Waals surface area contributed by atoms with E-state index in [1.165, 1.54) is 45.1 Å². The average Bonchev–Trinajstić information content (AvgIpc) is 3.16. The van der Waals surface area contributed by atoms with Gasteiger partial charge in [-0.3, -0.25) is 4.79 Å². The molecule has 0 fully saturated rings. The number of methoxy groups -OCH3 is 3. The number of allylic oxidation sites excluding steroid dienone is 1. The van der Waals surface area contributed by atoms with Gasteiger partial charge in [0.2, 0.25) is 11.5 Å². The van der Waals surface area contributed by atoms with Crippen molar-refractivity contribution in [1.29, 1.82) is 0 Å². The van der Waals surface area contributed by atoms with E-state index in [-0.39, 0.29) is 28.3 Å². The van der Waals surface area contributed by atoms with Crippen LogP contribution in [0.5, 0.6) is 28.7 Å². The monoisotopic (exact) mass is 488 g/mol. The van der Waals surface area contributed by atoms with E-state index in [1.54, 1.807) is 18.2 Å². The number of carbonyl (C=O) groups excluding carboxylic acids is 2. The third kappa shape index (κ3) is 4.91. The average molecular weight is 489 g/mol. The molecule has 0 bridgehead atoms. The van der Waals surface area contributed by atoms with Crippen molar-refractivity contribution in [2.24, 2.45) is 0 Å². The number of Topliss-reactive ketones (excluding diaryl/α,β-unsaturated/α-hetero) is 1. The maximum atomic E-state index is 12.8. The Morgan fingerprint density at radius 3 is 2.06 bits per heavy atom. The fraction of sp³-hybridized carbons (Fsp3) is 0.241. The van der Waals surface area contributed by atoms with Crippen molar-refractivity contribution in [2.45, 2.75) is 26.2 Å². The number of benzene rings is 3. The van der Waals surface area contributed by atoms with E-state index in [0.29, 0.717) is 28.6 Å². The van der Waals surface area contributed by atoms with Crippen LogP contribution in [0.1, 0.15) is 52.6 Å². The van der Waals surface area contributed by atoms with E-state index >= 15 is 0 Å². The van der Waals surface area contributed by atoms with Gasteiger partial charge in [0.05, 0.1) is 32.5 Å². The molecular weight excluding hydrogens is 460 g/mol. The second kappa shape index (κ2) is 9.77. The van der Waals surface area contributed by atoms with Gasteiger partial charge in [-0.2, -0.15) is 0 Å². The molecule has 0 unspecified atom stereocenters. The van der Waals surface area contributed by atoms with Crippen molar-refractivity contribution >= 4 is 17.8 Å². The third-order valence-electron chi connectivity index (χ3n) is 5.83. The van der Waals surface area contributed by atoms with E-state index in [9.17, 15) is 9.59 Å². The van der Waals surface area contributed by atoms with Gasteiger partial charge in [0, 0.05) is 6.07 Å². The summed E-state index contributed by atoms with van der Waals surface area (Å²) in [7, 11) is 4.41. The van der Waals surface area contributed by atoms with Crippen molar-refractivity contribution in [3.05, 3.63) is 82.6 Å². The third-order valence-corrected chi connectivity index (χ3v) is 5.83. The van der Waals surface area contributed by atoms with Crippen molar-refractivity contribution < 1.29 is 33.3 Å². The molecule has 1 aliphatic heterocycles. The van der Waals surface area contributed by atoms with Crippen LogP contribution in [0.3, 0.4) is 0 Å². The van der Waals surface area contributed by atoms with Gasteiger partial charge in [0.1, 0.15) is 11.5 Å². The molecule has 1 heterocycles. The first-order chi connectivity index (χ1) is 17.1. The van der Waals surface area contributed by atoms with Crippen LogP contribution in [0.15, 0.2) is 60.4 Å². The quantitative estimate of drug-likeness (QED) is 0.245. The summed E-state index contributed by atoms with van der Waals surface area (Å²) in [5.41, 5.74) is 2.71. The van der Waals surface area contributed by atoms with E-state index in [2.05, 4.69) is 20.8 Å². The van der Waals surface area contributed by atoms with E-state index in [1.807, 2.05) is 24.3 Å². The molecule has 36 heavy (non-hydrogen) atoms. The van der Waals surface area contributed by atoms with Gasteiger partial charge in [-0.05, 0) is 46.9 Å². The van der Waals surface area contributed by atoms with E-state index in [4.69, 9.17) is 23.7 Å². The number of hydrogen-bond donors (Lipinski definition) is 0. The lowest BCUT2D eigenvalue weighted by Gasteiger charge is -2.18. The predicted octanol–water partition coefficient (Wildman–Crippen LogP) is 5.85. The number of carbonyl (C=O) groups is 2. The number of hydrogen-bond acceptors (Lipinski definition) is 7. The van der Waals surface area contributed by atoms with Crippen LogP contribution in [0.2, 0.25) is 0 Å². The van der Waals surface area contributed by atoms with E-state index < -0.39 is 5.97 Å². The lowest BCUT2D eigenvalue weighted by atomic mass is 9.86. The Kier molecular flexibility index (Phi) is 6.75. The van der Waals surface area contributed by atoms with Gasteiger partial charge in [0.15, 0.2) is 17.3 Å². The van der Waals surface area contributed by atoms with Crippen molar-refractivity contribution in [3.8, 4) is 28.7 Å². The maximum Gasteiger partial charge on any atom is 0.343 e. The Bertz CT molecular complexity index is 1320. The van der Waals surface area contributed by atoms with Crippen LogP contribution in [0.25, 0.3) is 6.08 Å². The maximum absolute atomic E-state index is 12.8. The summed E-state index contributed by atoms with van der Waals surface area (Å²) in [6.07, 6.45) is 1.70. The van der Waals surface area contributed by atoms with Crippen LogP contribution in [-0.2, 0) is 5.41 Å². The first kappa shape index (κ1) is 24.9. The topological polar surface area (TPSA) is 80.3 Å². The highest BCUT2D eigenvalue weighted by atomic mass is 16.5. The van der Waals surface area contributed by atoms with Gasteiger partial charge < -0.3 is 23.7 Å². The normalized spacial score (nSPS) is 13.7. The Hall–Kier alpha value is -4.26. The molecule has 3 aromatic carbocycles. The molecule has 0 atom stereocenters. The molecule has 0 saturated carbocycles. The fourth-order valence-corrected chi connectivity index (χ4v) is 3.83. The molecular formula is C29H28O7. The second-order valence-electron chi connectivity index (χ2n) is 9.27. The molecule has 186 valence electrons. The number of ketones is 1. The van der Waals surface area contributed by atoms with Gasteiger partial charge in [0.25, 0.3) is 0 Å². The molecule has 7 nitrogen and oxygen atoms in total. The molecule has 3 aromatic rings. The minimum absolute atomic E-state index is 0.0392. The highest BCUT2D eigenvalue weighted by Crippen LogP contribution is 2.39. The highest BCUT2D eigenvalue weighted by molar-refractivity contribution is 6.14. The molecule has 0 radical (unpaired) electrons. The smallest absolute Gasteiger partial charge is 0.343 e. The highest BCUT2D eigenvalue weighted by Gasteiger charge is 2.28. The largest absolute Gasteiger partial charge is 0.493 e. The van der Waals surface area contributed by atoms with Gasteiger partial charge >= 0.3 is 5.97 Å². The van der Waals surface area contributed by atoms with Crippen LogP contribution in [0, 0.1) is 0 Å².